The van der Waals surface area contributed by atoms with Crippen molar-refractivity contribution in [2.45, 2.75) is 44.4 Å². The molecule has 4 heterocycles. The molecular weight excluding hydrogens is 434 g/mol. The van der Waals surface area contributed by atoms with E-state index in [-0.39, 0.29) is 41.6 Å². The highest BCUT2D eigenvalue weighted by Gasteiger charge is 2.39. The first-order valence-electron chi connectivity index (χ1n) is 9.89. The molecule has 1 aliphatic heterocycles. The van der Waals surface area contributed by atoms with Crippen LogP contribution in [-0.2, 0) is 6.61 Å². The number of aliphatic hydroxyl groups excluding tert-OH is 2. The van der Waals surface area contributed by atoms with Crippen LogP contribution in [0.3, 0.4) is 0 Å². The third-order valence-corrected chi connectivity index (χ3v) is 5.34. The fourth-order valence-corrected chi connectivity index (χ4v) is 3.58. The number of fused-ring (bicyclic) bond motifs is 1. The molecule has 1 saturated heterocycles. The summed E-state index contributed by atoms with van der Waals surface area (Å²) in [6.07, 6.45) is -3.96. The van der Waals surface area contributed by atoms with Crippen LogP contribution >= 0.6 is 0 Å². The van der Waals surface area contributed by atoms with Gasteiger partial charge in [-0.15, -0.1) is 0 Å². The topological polar surface area (TPSA) is 112 Å². The first-order valence-corrected chi connectivity index (χ1v) is 9.89. The van der Waals surface area contributed by atoms with E-state index in [0.29, 0.717) is 12.4 Å². The number of piperidine rings is 1. The first-order chi connectivity index (χ1) is 15.2. The molecule has 3 aromatic heterocycles. The van der Waals surface area contributed by atoms with Crippen molar-refractivity contribution >= 4 is 28.6 Å². The van der Waals surface area contributed by atoms with Crippen molar-refractivity contribution in [2.24, 2.45) is 0 Å². The van der Waals surface area contributed by atoms with Crippen molar-refractivity contribution in [3.8, 4) is 0 Å². The van der Waals surface area contributed by atoms with Crippen LogP contribution in [0.2, 0.25) is 0 Å². The number of hydrogen-bond acceptors (Lipinski definition) is 8. The summed E-state index contributed by atoms with van der Waals surface area (Å²) in [6.45, 7) is 0.659. The van der Waals surface area contributed by atoms with Crippen LogP contribution in [0.4, 0.5) is 35.1 Å². The largest absolute Gasteiger partial charge is 0.408 e. The van der Waals surface area contributed by atoms with Crippen LogP contribution < -0.4 is 10.2 Å². The zero-order valence-corrected chi connectivity index (χ0v) is 17.0. The average Bonchev–Trinajstić information content (AvgIpc) is 3.12. The number of halogens is 4. The molecule has 3 atom stereocenters. The second kappa shape index (κ2) is 8.47. The number of nitrogens with zero attached hydrogens (tertiary/aromatic N) is 6. The number of aliphatic hydroxyl groups is 2. The molecule has 0 aliphatic carbocycles. The van der Waals surface area contributed by atoms with E-state index in [2.05, 4.69) is 25.3 Å². The molecule has 1 aliphatic rings. The zero-order chi connectivity index (χ0) is 23.0. The molecule has 0 unspecified atom stereocenters. The molecular formula is C19H21F4N7O2. The molecule has 172 valence electrons. The van der Waals surface area contributed by atoms with E-state index < -0.39 is 31.1 Å². The van der Waals surface area contributed by atoms with Crippen LogP contribution in [0, 0.1) is 0 Å². The van der Waals surface area contributed by atoms with Crippen molar-refractivity contribution in [1.82, 2.24) is 24.5 Å². The average molecular weight is 455 g/mol. The van der Waals surface area contributed by atoms with Gasteiger partial charge < -0.3 is 25.0 Å². The molecule has 0 saturated carbocycles. The van der Waals surface area contributed by atoms with Crippen molar-refractivity contribution in [3.05, 3.63) is 30.4 Å². The SMILES string of the molecule is C[C@H](n1c(CO)nc2cnc(Nc3ccnc(N4CC[C@@H](O)[C@@H](F)C4)n3)cc21)C(F)(F)F. The highest BCUT2D eigenvalue weighted by Crippen LogP contribution is 2.34. The van der Waals surface area contributed by atoms with Gasteiger partial charge in [-0.25, -0.2) is 19.3 Å². The summed E-state index contributed by atoms with van der Waals surface area (Å²) in [6, 6.07) is 1.02. The van der Waals surface area contributed by atoms with Gasteiger partial charge in [0.1, 0.15) is 41.8 Å². The van der Waals surface area contributed by atoms with E-state index in [0.717, 1.165) is 11.5 Å². The summed E-state index contributed by atoms with van der Waals surface area (Å²) in [5.41, 5.74) is 0.357. The van der Waals surface area contributed by atoms with Crippen LogP contribution in [0.5, 0.6) is 0 Å². The molecule has 0 aromatic carbocycles. The molecule has 3 aromatic rings. The lowest BCUT2D eigenvalue weighted by molar-refractivity contribution is -0.162. The minimum Gasteiger partial charge on any atom is -0.390 e. The zero-order valence-electron chi connectivity index (χ0n) is 17.0. The Morgan fingerprint density at radius 2 is 2.03 bits per heavy atom. The Bertz CT molecular complexity index is 1110. The van der Waals surface area contributed by atoms with Crippen molar-refractivity contribution in [2.75, 3.05) is 23.3 Å². The van der Waals surface area contributed by atoms with Crippen LogP contribution in [0.1, 0.15) is 25.2 Å². The van der Waals surface area contributed by atoms with Gasteiger partial charge >= 0.3 is 6.18 Å². The standard InChI is InChI=1S/C19H21F4N7O2/c1-10(19(21,22)23)30-13-6-16(25-7-12(13)26-17(30)9-31)27-15-2-4-24-18(28-15)29-5-3-14(32)11(20)8-29/h2,4,6-7,10-11,14,31-32H,3,5,8-9H2,1H3,(H,24,25,27,28)/t10-,11-,14+/m0/s1. The minimum atomic E-state index is -4.54. The smallest absolute Gasteiger partial charge is 0.390 e. The van der Waals surface area contributed by atoms with Crippen molar-refractivity contribution < 1.29 is 27.8 Å². The summed E-state index contributed by atoms with van der Waals surface area (Å²) in [5.74, 6) is 0.644. The van der Waals surface area contributed by atoms with Gasteiger partial charge in [0.25, 0.3) is 0 Å². The maximum Gasteiger partial charge on any atom is 0.408 e. The van der Waals surface area contributed by atoms with E-state index in [4.69, 9.17) is 0 Å². The predicted octanol–water partition coefficient (Wildman–Crippen LogP) is 2.49. The van der Waals surface area contributed by atoms with E-state index in [9.17, 15) is 27.8 Å². The van der Waals surface area contributed by atoms with Gasteiger partial charge in [0.15, 0.2) is 0 Å². The molecule has 0 radical (unpaired) electrons. The minimum absolute atomic E-state index is 0.0483. The quantitative estimate of drug-likeness (QED) is 0.503. The first kappa shape index (κ1) is 22.1. The molecule has 3 N–H and O–H groups in total. The van der Waals surface area contributed by atoms with Crippen LogP contribution in [-0.4, -0.2) is 66.3 Å². The number of hydrogen-bond donors (Lipinski definition) is 3. The van der Waals surface area contributed by atoms with Crippen LogP contribution in [0.15, 0.2) is 24.5 Å². The molecule has 0 spiro atoms. The number of imidazole rings is 1. The van der Waals surface area contributed by atoms with E-state index >= 15 is 0 Å². The maximum atomic E-state index is 13.8. The fourth-order valence-electron chi connectivity index (χ4n) is 3.58. The molecule has 13 heteroatoms. The Kier molecular flexibility index (Phi) is 5.86. The van der Waals surface area contributed by atoms with Crippen molar-refractivity contribution in [3.63, 3.8) is 0 Å². The molecule has 4 rings (SSSR count). The van der Waals surface area contributed by atoms with Gasteiger partial charge in [-0.3, -0.25) is 0 Å². The Labute approximate surface area is 179 Å². The maximum absolute atomic E-state index is 13.8. The second-order valence-corrected chi connectivity index (χ2v) is 7.52. The van der Waals surface area contributed by atoms with Gasteiger partial charge in [0, 0.05) is 18.8 Å². The summed E-state index contributed by atoms with van der Waals surface area (Å²) < 4.78 is 54.8. The number of rotatable bonds is 5. The number of alkyl halides is 4. The van der Waals surface area contributed by atoms with Gasteiger partial charge in [0.05, 0.1) is 24.4 Å². The molecule has 0 bridgehead atoms. The summed E-state index contributed by atoms with van der Waals surface area (Å²) >= 11 is 0. The summed E-state index contributed by atoms with van der Waals surface area (Å²) in [7, 11) is 0. The highest BCUT2D eigenvalue weighted by molar-refractivity contribution is 5.79. The van der Waals surface area contributed by atoms with E-state index in [1.54, 1.807) is 4.90 Å². The van der Waals surface area contributed by atoms with Crippen LogP contribution in [0.25, 0.3) is 11.0 Å². The molecule has 0 amide bonds. The molecule has 32 heavy (non-hydrogen) atoms. The Morgan fingerprint density at radius 3 is 2.72 bits per heavy atom. The van der Waals surface area contributed by atoms with Gasteiger partial charge in [-0.05, 0) is 19.4 Å². The van der Waals surface area contributed by atoms with Crippen molar-refractivity contribution in [1.29, 1.82) is 0 Å². The van der Waals surface area contributed by atoms with E-state index in [1.807, 2.05) is 0 Å². The summed E-state index contributed by atoms with van der Waals surface area (Å²) in [5, 5.41) is 21.9. The Balaban J connectivity index is 1.63. The number of aromatic nitrogens is 5. The Morgan fingerprint density at radius 1 is 1.25 bits per heavy atom. The fraction of sp³-hybridized carbons (Fsp3) is 0.474. The normalized spacial score (nSPS) is 20.5. The third kappa shape index (κ3) is 4.30. The number of anilines is 3. The molecule has 9 nitrogen and oxygen atoms in total. The third-order valence-electron chi connectivity index (χ3n) is 5.34. The number of pyridine rings is 1. The highest BCUT2D eigenvalue weighted by atomic mass is 19.4. The van der Waals surface area contributed by atoms with Gasteiger partial charge in [0.2, 0.25) is 5.95 Å². The lowest BCUT2D eigenvalue weighted by Gasteiger charge is -2.32. The lowest BCUT2D eigenvalue weighted by atomic mass is 10.1. The monoisotopic (exact) mass is 455 g/mol. The predicted molar refractivity (Wildman–Crippen MR) is 107 cm³/mol. The lowest BCUT2D eigenvalue weighted by Crippen LogP contribution is -2.45. The molecule has 1 fully saturated rings. The van der Waals surface area contributed by atoms with Gasteiger partial charge in [-0.1, -0.05) is 0 Å². The van der Waals surface area contributed by atoms with Gasteiger partial charge in [-0.2, -0.15) is 18.2 Å². The Hall–Kier alpha value is -3.06. The number of nitrogens with one attached hydrogen (secondary N) is 1. The second-order valence-electron chi connectivity index (χ2n) is 7.52. The van der Waals surface area contributed by atoms with E-state index in [1.165, 1.54) is 24.5 Å². The summed E-state index contributed by atoms with van der Waals surface area (Å²) in [4.78, 5) is 18.3.